The van der Waals surface area contributed by atoms with Crippen molar-refractivity contribution in [3.8, 4) is 0 Å². The van der Waals surface area contributed by atoms with Gasteiger partial charge in [0.15, 0.2) is 0 Å². The van der Waals surface area contributed by atoms with Crippen LogP contribution >= 0.6 is 0 Å². The van der Waals surface area contributed by atoms with Gasteiger partial charge < -0.3 is 19.0 Å². The van der Waals surface area contributed by atoms with Crippen molar-refractivity contribution < 1.29 is 13.3 Å². The second-order valence-electron chi connectivity index (χ2n) is 9.98. The van der Waals surface area contributed by atoms with E-state index in [1.165, 1.54) is 96.3 Å². The minimum absolute atomic E-state index is 0.388. The Bertz CT molecular complexity index is 546. The number of hydrogen-bond acceptors (Lipinski definition) is 4. The topological polar surface area (TPSA) is 53.7 Å². The third kappa shape index (κ3) is 9.16. The molecule has 0 saturated heterocycles. The van der Waals surface area contributed by atoms with E-state index in [1.54, 1.807) is 0 Å². The zero-order valence-corrected chi connectivity index (χ0v) is 21.4. The number of rotatable bonds is 8. The number of para-hydroxylation sites is 1. The van der Waals surface area contributed by atoms with Crippen LogP contribution in [0.2, 0.25) is 6.04 Å². The van der Waals surface area contributed by atoms with Crippen LogP contribution in [0.4, 0.5) is 5.69 Å². The van der Waals surface area contributed by atoms with Gasteiger partial charge in [-0.2, -0.15) is 0 Å². The minimum atomic E-state index is -2.56. The second-order valence-corrected chi connectivity index (χ2v) is 12.6. The van der Waals surface area contributed by atoms with Gasteiger partial charge in [-0.15, -0.1) is 0 Å². The lowest BCUT2D eigenvalue weighted by Gasteiger charge is -2.40. The fraction of sp³-hybridized carbons (Fsp3) is 0.778. The molecule has 0 amide bonds. The number of nitrogens with two attached hydrogens (primary N) is 1. The zero-order chi connectivity index (χ0) is 22.5. The molecule has 3 aliphatic carbocycles. The van der Waals surface area contributed by atoms with Gasteiger partial charge in [0, 0.05) is 30.0 Å². The summed E-state index contributed by atoms with van der Waals surface area (Å²) in [5.74, 6) is 0. The van der Waals surface area contributed by atoms with E-state index >= 15 is 0 Å². The lowest BCUT2D eigenvalue weighted by molar-refractivity contribution is -0.0408. The summed E-state index contributed by atoms with van der Waals surface area (Å²) in [5.41, 5.74) is 6.18. The van der Waals surface area contributed by atoms with Crippen LogP contribution in [0, 0.1) is 0 Å². The number of hydrogen-bond donors (Lipinski definition) is 1. The van der Waals surface area contributed by atoms with Crippen LogP contribution < -0.4 is 5.73 Å². The van der Waals surface area contributed by atoms with Crippen molar-refractivity contribution in [3.63, 3.8) is 0 Å². The molecule has 0 heterocycles. The standard InChI is InChI=1S/C21H40O3Si.C6H7N/c1-2-18-25(22-19-12-6-3-7-13-19,23-20-14-8-4-9-15-20)24-21-16-10-5-11-17-21;7-6-4-2-1-3-5-6/h19-21H,2-18H2,1H3;1-5H,7H2. The minimum Gasteiger partial charge on any atom is -0.399 e. The maximum Gasteiger partial charge on any atom is 0.501 e. The molecular weight excluding hydrogens is 414 g/mol. The second kappa shape index (κ2) is 14.4. The number of benzene rings is 1. The first kappa shape index (κ1) is 25.7. The van der Waals surface area contributed by atoms with Crippen molar-refractivity contribution in [1.82, 2.24) is 0 Å². The first-order chi connectivity index (χ1) is 15.7. The monoisotopic (exact) mass is 461 g/mol. The summed E-state index contributed by atoms with van der Waals surface area (Å²) < 4.78 is 20.5. The molecule has 1 aromatic carbocycles. The van der Waals surface area contributed by atoms with E-state index in [9.17, 15) is 0 Å². The molecule has 0 bridgehead atoms. The highest BCUT2D eigenvalue weighted by molar-refractivity contribution is 6.60. The first-order valence-electron chi connectivity index (χ1n) is 13.5. The predicted octanol–water partition coefficient (Wildman–Crippen LogP) is 7.65. The van der Waals surface area contributed by atoms with Crippen molar-refractivity contribution in [2.24, 2.45) is 0 Å². The molecule has 0 radical (unpaired) electrons. The molecule has 3 fully saturated rings. The quantitative estimate of drug-likeness (QED) is 0.319. The molecule has 4 rings (SSSR count). The zero-order valence-electron chi connectivity index (χ0n) is 20.4. The molecule has 2 N–H and O–H groups in total. The van der Waals surface area contributed by atoms with Crippen LogP contribution in [0.3, 0.4) is 0 Å². The van der Waals surface area contributed by atoms with Crippen molar-refractivity contribution >= 4 is 14.5 Å². The van der Waals surface area contributed by atoms with Crippen molar-refractivity contribution in [2.75, 3.05) is 5.73 Å². The summed E-state index contributed by atoms with van der Waals surface area (Å²) in [6, 6.07) is 10.5. The maximum absolute atomic E-state index is 6.82. The third-order valence-electron chi connectivity index (χ3n) is 7.05. The van der Waals surface area contributed by atoms with E-state index < -0.39 is 8.80 Å². The molecule has 5 heteroatoms. The molecule has 1 aromatic rings. The van der Waals surface area contributed by atoms with Gasteiger partial charge in [-0.25, -0.2) is 0 Å². The van der Waals surface area contributed by atoms with Gasteiger partial charge in [-0.05, 0) is 50.7 Å². The fourth-order valence-electron chi connectivity index (χ4n) is 5.33. The summed E-state index contributed by atoms with van der Waals surface area (Å²) >= 11 is 0. The Morgan fingerprint density at radius 2 is 1.03 bits per heavy atom. The fourth-order valence-corrected chi connectivity index (χ4v) is 8.69. The van der Waals surface area contributed by atoms with E-state index in [-0.39, 0.29) is 0 Å². The van der Waals surface area contributed by atoms with Crippen LogP contribution in [0.15, 0.2) is 30.3 Å². The van der Waals surface area contributed by atoms with Crippen LogP contribution in [-0.4, -0.2) is 27.1 Å². The first-order valence-corrected chi connectivity index (χ1v) is 15.5. The van der Waals surface area contributed by atoms with Crippen LogP contribution in [-0.2, 0) is 13.3 Å². The Morgan fingerprint density at radius 3 is 1.31 bits per heavy atom. The molecule has 3 aliphatic rings. The predicted molar refractivity (Wildman–Crippen MR) is 136 cm³/mol. The Balaban J connectivity index is 0.000000352. The number of anilines is 1. The third-order valence-corrected chi connectivity index (χ3v) is 10.2. The van der Waals surface area contributed by atoms with Gasteiger partial charge in [0.05, 0.1) is 0 Å². The Hall–Kier alpha value is -0.883. The summed E-state index contributed by atoms with van der Waals surface area (Å²) in [5, 5.41) is 0. The van der Waals surface area contributed by atoms with Crippen LogP contribution in [0.1, 0.15) is 110 Å². The average Bonchev–Trinajstić information content (AvgIpc) is 2.82. The summed E-state index contributed by atoms with van der Waals surface area (Å²) in [4.78, 5) is 0. The molecule has 3 saturated carbocycles. The number of nitrogen functional groups attached to an aromatic ring is 1. The maximum atomic E-state index is 6.82. The Morgan fingerprint density at radius 1 is 0.656 bits per heavy atom. The van der Waals surface area contributed by atoms with Crippen molar-refractivity contribution in [3.05, 3.63) is 30.3 Å². The van der Waals surface area contributed by atoms with Gasteiger partial charge in [0.2, 0.25) is 0 Å². The van der Waals surface area contributed by atoms with Gasteiger partial charge in [-0.1, -0.05) is 89.3 Å². The lowest BCUT2D eigenvalue weighted by Crippen LogP contribution is -2.53. The molecule has 32 heavy (non-hydrogen) atoms. The summed E-state index contributed by atoms with van der Waals surface area (Å²) in [6.45, 7) is 2.26. The van der Waals surface area contributed by atoms with Gasteiger partial charge in [-0.3, -0.25) is 0 Å². The van der Waals surface area contributed by atoms with Gasteiger partial charge >= 0.3 is 8.80 Å². The highest BCUT2D eigenvalue weighted by Crippen LogP contribution is 2.34. The van der Waals surface area contributed by atoms with Gasteiger partial charge in [0.1, 0.15) is 0 Å². The normalized spacial score (nSPS) is 21.7. The molecule has 0 unspecified atom stereocenters. The van der Waals surface area contributed by atoms with E-state index in [4.69, 9.17) is 19.0 Å². The molecule has 182 valence electrons. The highest BCUT2D eigenvalue weighted by Gasteiger charge is 2.46. The largest absolute Gasteiger partial charge is 0.501 e. The molecule has 0 spiro atoms. The average molecular weight is 462 g/mol. The molecular formula is C27H47NO3Si. The van der Waals surface area contributed by atoms with Crippen molar-refractivity contribution in [2.45, 2.75) is 134 Å². The van der Waals surface area contributed by atoms with E-state index in [0.717, 1.165) is 18.2 Å². The Labute approximate surface area is 198 Å². The molecule has 0 atom stereocenters. The smallest absolute Gasteiger partial charge is 0.399 e. The molecule has 4 nitrogen and oxygen atoms in total. The lowest BCUT2D eigenvalue weighted by atomic mass is 9.98. The summed E-state index contributed by atoms with van der Waals surface area (Å²) in [7, 11) is -2.56. The van der Waals surface area contributed by atoms with E-state index in [0.29, 0.717) is 18.3 Å². The van der Waals surface area contributed by atoms with E-state index in [1.807, 2.05) is 30.3 Å². The van der Waals surface area contributed by atoms with Crippen LogP contribution in [0.25, 0.3) is 0 Å². The van der Waals surface area contributed by atoms with Crippen molar-refractivity contribution in [1.29, 1.82) is 0 Å². The van der Waals surface area contributed by atoms with E-state index in [2.05, 4.69) is 6.92 Å². The molecule has 0 aliphatic heterocycles. The summed E-state index contributed by atoms with van der Waals surface area (Å²) in [6.07, 6.45) is 21.5. The Kier molecular flexibility index (Phi) is 11.6. The molecule has 0 aromatic heterocycles. The SMILES string of the molecule is CCC[Si](OC1CCCCC1)(OC1CCCCC1)OC1CCCCC1.Nc1ccccc1. The highest BCUT2D eigenvalue weighted by atomic mass is 28.4. The van der Waals surface area contributed by atoms with Gasteiger partial charge in [0.25, 0.3) is 0 Å². The van der Waals surface area contributed by atoms with Crippen LogP contribution in [0.5, 0.6) is 0 Å².